The van der Waals surface area contributed by atoms with Crippen molar-refractivity contribution >= 4 is 16.9 Å². The molecule has 134 valence electrons. The molecule has 1 aliphatic heterocycles. The maximum absolute atomic E-state index is 11.5. The summed E-state index contributed by atoms with van der Waals surface area (Å²) in [5.74, 6) is -0.630. The lowest BCUT2D eigenvalue weighted by Crippen LogP contribution is -2.39. The smallest absolute Gasteiger partial charge is 0.306 e. The van der Waals surface area contributed by atoms with Crippen LogP contribution < -0.4 is 0 Å². The normalized spacial score (nSPS) is 22.3. The van der Waals surface area contributed by atoms with E-state index in [1.54, 1.807) is 0 Å². The summed E-state index contributed by atoms with van der Waals surface area (Å²) in [6, 6.07) is 18.6. The highest BCUT2D eigenvalue weighted by Crippen LogP contribution is 2.46. The third kappa shape index (κ3) is 2.80. The van der Waals surface area contributed by atoms with E-state index in [2.05, 4.69) is 41.4 Å². The van der Waals surface area contributed by atoms with Crippen molar-refractivity contribution < 1.29 is 14.6 Å². The molecule has 2 heterocycles. The first-order valence-corrected chi connectivity index (χ1v) is 9.14. The van der Waals surface area contributed by atoms with Crippen LogP contribution in [0.25, 0.3) is 10.9 Å². The standard InChI is InChI=1S/C22H23NO3/c1-2-22(13-19(24)25)21-20(17-10-6-7-11-18(17)23-21)16(14-26-22)12-15-8-4-3-5-9-15/h3-11,16,23H,2,12-14H2,1H3,(H,24,25)/t16?,22-/m0/s1. The summed E-state index contributed by atoms with van der Waals surface area (Å²) in [7, 11) is 0. The number of benzene rings is 2. The van der Waals surface area contributed by atoms with E-state index in [0.717, 1.165) is 17.6 Å². The van der Waals surface area contributed by atoms with Gasteiger partial charge < -0.3 is 14.8 Å². The zero-order chi connectivity index (χ0) is 18.1. The highest BCUT2D eigenvalue weighted by atomic mass is 16.5. The average Bonchev–Trinajstić information content (AvgIpc) is 3.05. The highest BCUT2D eigenvalue weighted by Gasteiger charge is 2.43. The maximum atomic E-state index is 11.5. The molecule has 3 aromatic rings. The quantitative estimate of drug-likeness (QED) is 0.707. The fourth-order valence-electron chi connectivity index (χ4n) is 4.21. The van der Waals surface area contributed by atoms with Crippen LogP contribution in [-0.4, -0.2) is 22.7 Å². The van der Waals surface area contributed by atoms with Crippen LogP contribution in [0, 0.1) is 0 Å². The van der Waals surface area contributed by atoms with Crippen molar-refractivity contribution in [2.24, 2.45) is 0 Å². The second kappa shape index (κ2) is 6.61. The first kappa shape index (κ1) is 16.9. The Balaban J connectivity index is 1.85. The second-order valence-corrected chi connectivity index (χ2v) is 7.08. The van der Waals surface area contributed by atoms with Gasteiger partial charge in [-0.1, -0.05) is 55.5 Å². The number of para-hydroxylation sites is 1. The predicted octanol–water partition coefficient (Wildman–Crippen LogP) is 4.60. The fraction of sp³-hybridized carbons (Fsp3) is 0.318. The number of aromatic nitrogens is 1. The maximum Gasteiger partial charge on any atom is 0.306 e. The summed E-state index contributed by atoms with van der Waals surface area (Å²) in [6.07, 6.45) is 1.47. The molecule has 1 unspecified atom stereocenters. The number of carboxylic acid groups (broad SMARTS) is 1. The molecule has 0 saturated heterocycles. The van der Waals surface area contributed by atoms with E-state index < -0.39 is 11.6 Å². The van der Waals surface area contributed by atoms with Gasteiger partial charge in [-0.05, 0) is 30.0 Å². The second-order valence-electron chi connectivity index (χ2n) is 7.08. The number of rotatable bonds is 5. The van der Waals surface area contributed by atoms with Gasteiger partial charge in [0.15, 0.2) is 0 Å². The van der Waals surface area contributed by atoms with Crippen molar-refractivity contribution in [3.8, 4) is 0 Å². The topological polar surface area (TPSA) is 62.3 Å². The third-order valence-corrected chi connectivity index (χ3v) is 5.50. The monoisotopic (exact) mass is 349 g/mol. The molecule has 0 amide bonds. The number of hydrogen-bond donors (Lipinski definition) is 2. The van der Waals surface area contributed by atoms with Crippen LogP contribution in [-0.2, 0) is 21.6 Å². The zero-order valence-electron chi connectivity index (χ0n) is 14.9. The SMILES string of the molecule is CC[C@@]1(CC(=O)O)OCC(Cc2ccccc2)c2c1[nH]c1ccccc21. The molecular formula is C22H23NO3. The molecule has 4 heteroatoms. The molecular weight excluding hydrogens is 326 g/mol. The Morgan fingerprint density at radius 2 is 1.92 bits per heavy atom. The van der Waals surface area contributed by atoms with E-state index in [1.165, 1.54) is 16.5 Å². The number of hydrogen-bond acceptors (Lipinski definition) is 2. The van der Waals surface area contributed by atoms with Crippen LogP contribution in [0.3, 0.4) is 0 Å². The largest absolute Gasteiger partial charge is 0.481 e. The van der Waals surface area contributed by atoms with Crippen molar-refractivity contribution in [3.63, 3.8) is 0 Å². The number of aromatic amines is 1. The summed E-state index contributed by atoms with van der Waals surface area (Å²) in [5.41, 5.74) is 3.69. The van der Waals surface area contributed by atoms with Gasteiger partial charge in [-0.25, -0.2) is 0 Å². The molecule has 0 aliphatic carbocycles. The van der Waals surface area contributed by atoms with E-state index in [4.69, 9.17) is 4.74 Å². The van der Waals surface area contributed by atoms with Crippen LogP contribution >= 0.6 is 0 Å². The Labute approximate surface area is 152 Å². The van der Waals surface area contributed by atoms with Crippen LogP contribution in [0.1, 0.15) is 42.5 Å². The van der Waals surface area contributed by atoms with Crippen molar-refractivity contribution in [2.45, 2.75) is 37.7 Å². The Morgan fingerprint density at radius 3 is 2.65 bits per heavy atom. The molecule has 0 radical (unpaired) electrons. The lowest BCUT2D eigenvalue weighted by atomic mass is 9.80. The van der Waals surface area contributed by atoms with Gasteiger partial charge in [-0.3, -0.25) is 4.79 Å². The summed E-state index contributed by atoms with van der Waals surface area (Å²) in [5, 5.41) is 10.6. The van der Waals surface area contributed by atoms with Crippen LogP contribution in [0.15, 0.2) is 54.6 Å². The van der Waals surface area contributed by atoms with E-state index in [9.17, 15) is 9.90 Å². The van der Waals surface area contributed by atoms with Crippen molar-refractivity contribution in [2.75, 3.05) is 6.61 Å². The number of fused-ring (bicyclic) bond motifs is 3. The molecule has 0 spiro atoms. The van der Waals surface area contributed by atoms with Gasteiger partial charge in [0.25, 0.3) is 0 Å². The molecule has 0 bridgehead atoms. The van der Waals surface area contributed by atoms with Gasteiger partial charge in [0.2, 0.25) is 0 Å². The fourth-order valence-corrected chi connectivity index (χ4v) is 4.21. The molecule has 26 heavy (non-hydrogen) atoms. The molecule has 1 aromatic heterocycles. The van der Waals surface area contributed by atoms with Gasteiger partial charge in [0.05, 0.1) is 18.7 Å². The summed E-state index contributed by atoms with van der Waals surface area (Å²) in [6.45, 7) is 2.53. The molecule has 2 atom stereocenters. The molecule has 4 nitrogen and oxygen atoms in total. The van der Waals surface area contributed by atoms with Gasteiger partial charge in [0.1, 0.15) is 5.60 Å². The summed E-state index contributed by atoms with van der Waals surface area (Å²) < 4.78 is 6.25. The minimum Gasteiger partial charge on any atom is -0.481 e. The van der Waals surface area contributed by atoms with Crippen molar-refractivity contribution in [3.05, 3.63) is 71.4 Å². The minimum absolute atomic E-state index is 0.0264. The molecule has 0 saturated carbocycles. The van der Waals surface area contributed by atoms with Crippen LogP contribution in [0.2, 0.25) is 0 Å². The number of aliphatic carboxylic acids is 1. The molecule has 4 rings (SSSR count). The van der Waals surface area contributed by atoms with Crippen molar-refractivity contribution in [1.82, 2.24) is 4.98 Å². The predicted molar refractivity (Wildman–Crippen MR) is 101 cm³/mol. The lowest BCUT2D eigenvalue weighted by Gasteiger charge is -2.39. The van der Waals surface area contributed by atoms with Gasteiger partial charge in [-0.15, -0.1) is 0 Å². The molecule has 2 N–H and O–H groups in total. The highest BCUT2D eigenvalue weighted by molar-refractivity contribution is 5.86. The van der Waals surface area contributed by atoms with Crippen LogP contribution in [0.4, 0.5) is 0 Å². The summed E-state index contributed by atoms with van der Waals surface area (Å²) >= 11 is 0. The Bertz CT molecular complexity index is 931. The number of H-pyrrole nitrogens is 1. The van der Waals surface area contributed by atoms with E-state index in [0.29, 0.717) is 13.0 Å². The average molecular weight is 349 g/mol. The Kier molecular flexibility index (Phi) is 4.29. The number of carbonyl (C=O) groups is 1. The number of carboxylic acids is 1. The Morgan fingerprint density at radius 1 is 1.19 bits per heavy atom. The van der Waals surface area contributed by atoms with Crippen LogP contribution in [0.5, 0.6) is 0 Å². The lowest BCUT2D eigenvalue weighted by molar-refractivity contribution is -0.149. The Hall–Kier alpha value is -2.59. The number of nitrogens with one attached hydrogen (secondary N) is 1. The van der Waals surface area contributed by atoms with Gasteiger partial charge >= 0.3 is 5.97 Å². The minimum atomic E-state index is -0.835. The molecule has 1 aliphatic rings. The van der Waals surface area contributed by atoms with Crippen molar-refractivity contribution in [1.29, 1.82) is 0 Å². The molecule has 2 aromatic carbocycles. The zero-order valence-corrected chi connectivity index (χ0v) is 14.9. The summed E-state index contributed by atoms with van der Waals surface area (Å²) in [4.78, 5) is 15.0. The first-order chi connectivity index (χ1) is 12.6. The van der Waals surface area contributed by atoms with E-state index in [1.807, 2.05) is 25.1 Å². The molecule has 0 fully saturated rings. The van der Waals surface area contributed by atoms with E-state index in [-0.39, 0.29) is 12.3 Å². The first-order valence-electron chi connectivity index (χ1n) is 9.14. The third-order valence-electron chi connectivity index (χ3n) is 5.50. The number of ether oxygens (including phenoxy) is 1. The van der Waals surface area contributed by atoms with Gasteiger partial charge in [-0.2, -0.15) is 0 Å². The van der Waals surface area contributed by atoms with E-state index >= 15 is 0 Å². The van der Waals surface area contributed by atoms with Gasteiger partial charge in [0, 0.05) is 16.8 Å².